The molecule has 0 unspecified atom stereocenters. The normalized spacial score (nSPS) is 11.5. The predicted molar refractivity (Wildman–Crippen MR) is 80.2 cm³/mol. The Morgan fingerprint density at radius 1 is 1.32 bits per heavy atom. The van der Waals surface area contributed by atoms with Gasteiger partial charge in [0.25, 0.3) is 0 Å². The minimum absolute atomic E-state index is 0.660. The van der Waals surface area contributed by atoms with Crippen molar-refractivity contribution in [2.45, 2.75) is 13.0 Å². The van der Waals surface area contributed by atoms with Crippen molar-refractivity contribution in [1.29, 1.82) is 0 Å². The molecule has 0 atom stereocenters. The van der Waals surface area contributed by atoms with Crippen LogP contribution < -0.4 is 5.32 Å². The molecule has 0 aliphatic carbocycles. The van der Waals surface area contributed by atoms with Gasteiger partial charge in [-0.15, -0.1) is 0 Å². The van der Waals surface area contributed by atoms with Gasteiger partial charge in [0.15, 0.2) is 0 Å². The second-order valence-electron chi connectivity index (χ2n) is 4.03. The molecule has 108 valence electrons. The molecule has 1 N–H and O–H groups in total. The topological polar surface area (TPSA) is 48.3 Å². The number of aromatic nitrogens is 2. The van der Waals surface area contributed by atoms with Crippen molar-refractivity contribution in [2.75, 3.05) is 40.5 Å². The van der Waals surface area contributed by atoms with Gasteiger partial charge in [-0.3, -0.25) is 4.68 Å². The molecule has 0 fully saturated rings. The lowest BCUT2D eigenvalue weighted by molar-refractivity contribution is 0.183. The molecule has 0 saturated heterocycles. The maximum Gasteiger partial charge on any atom is 0.0750 e. The molecule has 5 nitrogen and oxygen atoms in total. The zero-order valence-corrected chi connectivity index (χ0v) is 13.1. The van der Waals surface area contributed by atoms with Crippen molar-refractivity contribution in [3.63, 3.8) is 0 Å². The van der Waals surface area contributed by atoms with Crippen LogP contribution >= 0.6 is 15.9 Å². The monoisotopic (exact) mass is 331 g/mol. The fourth-order valence-electron chi connectivity index (χ4n) is 1.57. The Morgan fingerprint density at radius 3 is 2.84 bits per heavy atom. The maximum atomic E-state index is 5.07. The standard InChI is InChI=1S/C13H22BrN3O2/c1-18-9-7-15-6-4-3-5-13-12(14)11-16-17(13)8-10-19-2/h3,5,11,15H,4,6-10H2,1-2H3/b5-3+. The van der Waals surface area contributed by atoms with Crippen LogP contribution in [-0.4, -0.2) is 50.3 Å². The van der Waals surface area contributed by atoms with Crippen LogP contribution in [0.3, 0.4) is 0 Å². The third kappa shape index (κ3) is 6.33. The molecule has 0 saturated carbocycles. The molecule has 0 radical (unpaired) electrons. The molecule has 1 heterocycles. The Labute approximate surface area is 123 Å². The van der Waals surface area contributed by atoms with Crippen LogP contribution in [0.1, 0.15) is 12.1 Å². The summed E-state index contributed by atoms with van der Waals surface area (Å²) in [6.45, 7) is 4.00. The van der Waals surface area contributed by atoms with E-state index in [9.17, 15) is 0 Å². The summed E-state index contributed by atoms with van der Waals surface area (Å²) in [6, 6.07) is 0. The van der Waals surface area contributed by atoms with E-state index in [4.69, 9.17) is 9.47 Å². The van der Waals surface area contributed by atoms with Gasteiger partial charge in [0, 0.05) is 20.8 Å². The summed E-state index contributed by atoms with van der Waals surface area (Å²) in [4.78, 5) is 0. The van der Waals surface area contributed by atoms with Crippen LogP contribution in [0, 0.1) is 0 Å². The Kier molecular flexibility index (Phi) is 8.73. The van der Waals surface area contributed by atoms with Gasteiger partial charge in [0.05, 0.1) is 36.1 Å². The van der Waals surface area contributed by atoms with Gasteiger partial charge in [-0.2, -0.15) is 5.10 Å². The average molecular weight is 332 g/mol. The number of nitrogens with one attached hydrogen (secondary N) is 1. The quantitative estimate of drug-likeness (QED) is 0.665. The van der Waals surface area contributed by atoms with Gasteiger partial charge in [-0.25, -0.2) is 0 Å². The fourth-order valence-corrected chi connectivity index (χ4v) is 2.00. The van der Waals surface area contributed by atoms with Crippen molar-refractivity contribution in [1.82, 2.24) is 15.1 Å². The summed E-state index contributed by atoms with van der Waals surface area (Å²) in [5, 5.41) is 7.60. The van der Waals surface area contributed by atoms with E-state index in [2.05, 4.69) is 38.5 Å². The van der Waals surface area contributed by atoms with E-state index < -0.39 is 0 Å². The Bertz CT molecular complexity index is 380. The first-order valence-electron chi connectivity index (χ1n) is 6.36. The summed E-state index contributed by atoms with van der Waals surface area (Å²) >= 11 is 3.50. The van der Waals surface area contributed by atoms with Gasteiger partial charge in [0.2, 0.25) is 0 Å². The van der Waals surface area contributed by atoms with Gasteiger partial charge in [-0.1, -0.05) is 6.08 Å². The molecule has 6 heteroatoms. The Morgan fingerprint density at radius 2 is 2.11 bits per heavy atom. The third-order valence-corrected chi connectivity index (χ3v) is 3.20. The zero-order valence-electron chi connectivity index (χ0n) is 11.6. The highest BCUT2D eigenvalue weighted by Gasteiger charge is 2.04. The molecule has 0 bridgehead atoms. The summed E-state index contributed by atoms with van der Waals surface area (Å²) in [5.41, 5.74) is 1.08. The summed E-state index contributed by atoms with van der Waals surface area (Å²) in [6.07, 6.45) is 7.02. The third-order valence-electron chi connectivity index (χ3n) is 2.59. The van der Waals surface area contributed by atoms with Crippen molar-refractivity contribution < 1.29 is 9.47 Å². The molecule has 0 amide bonds. The molecule has 0 spiro atoms. The molecule has 0 aromatic carbocycles. The van der Waals surface area contributed by atoms with E-state index in [1.54, 1.807) is 14.2 Å². The van der Waals surface area contributed by atoms with Gasteiger partial charge >= 0.3 is 0 Å². The number of halogens is 1. The predicted octanol–water partition coefficient (Wildman–Crippen LogP) is 1.93. The van der Waals surface area contributed by atoms with Crippen LogP contribution in [0.4, 0.5) is 0 Å². The van der Waals surface area contributed by atoms with Crippen LogP contribution in [-0.2, 0) is 16.0 Å². The molecule has 0 aliphatic heterocycles. The minimum atomic E-state index is 0.660. The van der Waals surface area contributed by atoms with Crippen molar-refractivity contribution in [2.24, 2.45) is 0 Å². The Hall–Kier alpha value is -0.690. The Balaban J connectivity index is 2.36. The summed E-state index contributed by atoms with van der Waals surface area (Å²) in [7, 11) is 3.40. The van der Waals surface area contributed by atoms with Crippen LogP contribution in [0.2, 0.25) is 0 Å². The first-order valence-corrected chi connectivity index (χ1v) is 7.15. The highest BCUT2D eigenvalue weighted by atomic mass is 79.9. The van der Waals surface area contributed by atoms with E-state index in [0.29, 0.717) is 6.61 Å². The van der Waals surface area contributed by atoms with Gasteiger partial charge in [-0.05, 0) is 35.0 Å². The second kappa shape index (κ2) is 10.1. The number of ether oxygens (including phenoxy) is 2. The van der Waals surface area contributed by atoms with E-state index in [1.165, 1.54) is 0 Å². The molecule has 19 heavy (non-hydrogen) atoms. The number of nitrogens with zero attached hydrogens (tertiary/aromatic N) is 2. The highest BCUT2D eigenvalue weighted by molar-refractivity contribution is 9.10. The lowest BCUT2D eigenvalue weighted by Gasteiger charge is -2.04. The van der Waals surface area contributed by atoms with E-state index in [1.807, 2.05) is 10.9 Å². The van der Waals surface area contributed by atoms with Crippen molar-refractivity contribution in [3.05, 3.63) is 22.4 Å². The summed E-state index contributed by atoms with van der Waals surface area (Å²) < 4.78 is 13.0. The lowest BCUT2D eigenvalue weighted by Crippen LogP contribution is -2.19. The molecule has 0 aliphatic rings. The first kappa shape index (κ1) is 16.4. The van der Waals surface area contributed by atoms with Crippen molar-refractivity contribution >= 4 is 22.0 Å². The number of rotatable bonds is 10. The lowest BCUT2D eigenvalue weighted by atomic mass is 10.3. The number of methoxy groups -OCH3 is 2. The molecule has 1 aromatic heterocycles. The van der Waals surface area contributed by atoms with E-state index in [-0.39, 0.29) is 0 Å². The smallest absolute Gasteiger partial charge is 0.0750 e. The number of hydrogen-bond acceptors (Lipinski definition) is 4. The van der Waals surface area contributed by atoms with Crippen LogP contribution in [0.5, 0.6) is 0 Å². The SMILES string of the molecule is COCCNCC/C=C/c1c(Br)cnn1CCOC. The van der Waals surface area contributed by atoms with Crippen LogP contribution in [0.25, 0.3) is 6.08 Å². The van der Waals surface area contributed by atoms with E-state index in [0.717, 1.165) is 42.8 Å². The number of hydrogen-bond donors (Lipinski definition) is 1. The van der Waals surface area contributed by atoms with Crippen LogP contribution in [0.15, 0.2) is 16.7 Å². The zero-order chi connectivity index (χ0) is 13.9. The van der Waals surface area contributed by atoms with Gasteiger partial charge in [0.1, 0.15) is 0 Å². The highest BCUT2D eigenvalue weighted by Crippen LogP contribution is 2.17. The molecule has 1 rings (SSSR count). The maximum absolute atomic E-state index is 5.07. The second-order valence-corrected chi connectivity index (χ2v) is 4.88. The fraction of sp³-hybridized carbons (Fsp3) is 0.615. The molecular formula is C13H22BrN3O2. The summed E-state index contributed by atoms with van der Waals surface area (Å²) in [5.74, 6) is 0. The average Bonchev–Trinajstić information content (AvgIpc) is 2.76. The van der Waals surface area contributed by atoms with E-state index >= 15 is 0 Å². The first-order chi connectivity index (χ1) is 9.29. The van der Waals surface area contributed by atoms with Crippen molar-refractivity contribution in [3.8, 4) is 0 Å². The largest absolute Gasteiger partial charge is 0.383 e. The molecule has 1 aromatic rings. The van der Waals surface area contributed by atoms with Gasteiger partial charge < -0.3 is 14.8 Å². The minimum Gasteiger partial charge on any atom is -0.383 e. The molecular weight excluding hydrogens is 310 g/mol.